The smallest absolute Gasteiger partial charge is 0.408 e. The molecule has 0 bridgehead atoms. The van der Waals surface area contributed by atoms with Crippen molar-refractivity contribution in [2.24, 2.45) is 5.73 Å². The number of hydrogen-bond acceptors (Lipinski definition) is 4. The first-order valence-corrected chi connectivity index (χ1v) is 5.16. The van der Waals surface area contributed by atoms with Gasteiger partial charge >= 0.3 is 6.09 Å². The molecular formula is C10H18N2O4. The average molecular weight is 230 g/mol. The highest BCUT2D eigenvalue weighted by molar-refractivity contribution is 5.90. The molecule has 4 N–H and O–H groups in total. The lowest BCUT2D eigenvalue weighted by Crippen LogP contribution is -2.70. The molecule has 2 amide bonds. The zero-order chi connectivity index (χ0) is 12.6. The number of carbonyl (C=O) groups excluding carboxylic acids is 2. The highest BCUT2D eigenvalue weighted by Crippen LogP contribution is 2.32. The minimum Gasteiger partial charge on any atom is -0.444 e. The van der Waals surface area contributed by atoms with Crippen molar-refractivity contribution in [2.45, 2.75) is 50.9 Å². The maximum Gasteiger partial charge on any atom is 0.408 e. The molecule has 0 unspecified atom stereocenters. The van der Waals surface area contributed by atoms with Crippen LogP contribution in [0.3, 0.4) is 0 Å². The first-order chi connectivity index (χ1) is 7.17. The van der Waals surface area contributed by atoms with Crippen molar-refractivity contribution in [3.8, 4) is 0 Å². The number of aliphatic hydroxyl groups is 1. The highest BCUT2D eigenvalue weighted by Gasteiger charge is 2.52. The molecule has 16 heavy (non-hydrogen) atoms. The average Bonchev–Trinajstić information content (AvgIpc) is 2.08. The number of aliphatic hydroxyl groups excluding tert-OH is 1. The lowest BCUT2D eigenvalue weighted by Gasteiger charge is -2.44. The van der Waals surface area contributed by atoms with E-state index >= 15 is 0 Å². The fourth-order valence-electron chi connectivity index (χ4n) is 1.54. The highest BCUT2D eigenvalue weighted by atomic mass is 16.6. The van der Waals surface area contributed by atoms with E-state index in [0.717, 1.165) is 0 Å². The summed E-state index contributed by atoms with van der Waals surface area (Å²) in [7, 11) is 0. The molecule has 92 valence electrons. The maximum absolute atomic E-state index is 11.5. The zero-order valence-corrected chi connectivity index (χ0v) is 9.74. The van der Waals surface area contributed by atoms with Crippen molar-refractivity contribution in [3.05, 3.63) is 0 Å². The number of alkyl carbamates (subject to hydrolysis) is 1. The number of nitrogens with two attached hydrogens (primary N) is 1. The van der Waals surface area contributed by atoms with Crippen LogP contribution in [0.1, 0.15) is 33.6 Å². The van der Waals surface area contributed by atoms with Gasteiger partial charge in [0.1, 0.15) is 11.1 Å². The van der Waals surface area contributed by atoms with E-state index in [2.05, 4.69) is 5.32 Å². The van der Waals surface area contributed by atoms with Gasteiger partial charge in [0.15, 0.2) is 0 Å². The Kier molecular flexibility index (Phi) is 3.14. The van der Waals surface area contributed by atoms with Gasteiger partial charge in [-0.1, -0.05) is 0 Å². The van der Waals surface area contributed by atoms with Crippen molar-refractivity contribution in [1.29, 1.82) is 0 Å². The SMILES string of the molecule is CC(C)(C)OC(=O)N[C@]1(C(N)=O)CC[C@H]1O. The topological polar surface area (TPSA) is 102 Å². The molecule has 2 atom stereocenters. The standard InChI is InChI=1S/C10H18N2O4/c1-9(2,3)16-8(15)12-10(7(11)14)5-4-6(10)13/h6,13H,4-5H2,1-3H3,(H2,11,14)(H,12,15)/t6-,10-/m1/s1. The number of primary amides is 1. The summed E-state index contributed by atoms with van der Waals surface area (Å²) in [5.74, 6) is -0.739. The minimum atomic E-state index is -1.36. The van der Waals surface area contributed by atoms with Crippen LogP contribution >= 0.6 is 0 Å². The van der Waals surface area contributed by atoms with E-state index in [4.69, 9.17) is 10.5 Å². The fraction of sp³-hybridized carbons (Fsp3) is 0.800. The Balaban J connectivity index is 2.65. The summed E-state index contributed by atoms with van der Waals surface area (Å²) in [5, 5.41) is 11.9. The number of amides is 2. The van der Waals surface area contributed by atoms with Crippen LogP contribution in [0.4, 0.5) is 4.79 Å². The molecule has 6 heteroatoms. The molecule has 0 aliphatic heterocycles. The number of carbonyl (C=O) groups is 2. The molecular weight excluding hydrogens is 212 g/mol. The van der Waals surface area contributed by atoms with Crippen molar-refractivity contribution in [3.63, 3.8) is 0 Å². The molecule has 0 radical (unpaired) electrons. The van der Waals surface area contributed by atoms with Crippen LogP contribution in [-0.2, 0) is 9.53 Å². The van der Waals surface area contributed by atoms with Crippen LogP contribution in [0.15, 0.2) is 0 Å². The Morgan fingerprint density at radius 1 is 1.50 bits per heavy atom. The quantitative estimate of drug-likeness (QED) is 0.616. The number of hydrogen-bond donors (Lipinski definition) is 3. The first kappa shape index (κ1) is 12.8. The fourth-order valence-corrected chi connectivity index (χ4v) is 1.54. The summed E-state index contributed by atoms with van der Waals surface area (Å²) in [6.45, 7) is 5.13. The van der Waals surface area contributed by atoms with Gasteiger partial charge in [-0.15, -0.1) is 0 Å². The molecule has 1 aliphatic rings. The Bertz CT molecular complexity index is 310. The van der Waals surface area contributed by atoms with Crippen molar-refractivity contribution >= 4 is 12.0 Å². The maximum atomic E-state index is 11.5. The number of ether oxygens (including phenoxy) is 1. The molecule has 6 nitrogen and oxygen atoms in total. The summed E-state index contributed by atoms with van der Waals surface area (Å²) in [4.78, 5) is 22.7. The molecule has 0 aromatic heterocycles. The predicted octanol–water partition coefficient (Wildman–Crippen LogP) is -0.110. The number of rotatable bonds is 2. The Hall–Kier alpha value is -1.30. The predicted molar refractivity (Wildman–Crippen MR) is 56.5 cm³/mol. The van der Waals surface area contributed by atoms with E-state index in [1.807, 2.05) is 0 Å². The molecule has 1 aliphatic carbocycles. The normalized spacial score (nSPS) is 29.1. The van der Waals surface area contributed by atoms with E-state index in [9.17, 15) is 14.7 Å². The van der Waals surface area contributed by atoms with Gasteiger partial charge in [-0.05, 0) is 33.6 Å². The Labute approximate surface area is 94.1 Å². The van der Waals surface area contributed by atoms with Gasteiger partial charge in [0, 0.05) is 0 Å². The van der Waals surface area contributed by atoms with Crippen molar-refractivity contribution in [2.75, 3.05) is 0 Å². The summed E-state index contributed by atoms with van der Waals surface area (Å²) in [6.07, 6.45) is -0.899. The lowest BCUT2D eigenvalue weighted by molar-refractivity contribution is -0.137. The summed E-state index contributed by atoms with van der Waals surface area (Å²) < 4.78 is 5.00. The molecule has 0 aromatic carbocycles. The minimum absolute atomic E-state index is 0.336. The second-order valence-electron chi connectivity index (χ2n) is 5.02. The van der Waals surface area contributed by atoms with E-state index in [-0.39, 0.29) is 0 Å². The van der Waals surface area contributed by atoms with Crippen LogP contribution in [0.25, 0.3) is 0 Å². The van der Waals surface area contributed by atoms with Crippen molar-refractivity contribution < 1.29 is 19.4 Å². The largest absolute Gasteiger partial charge is 0.444 e. The molecule has 0 heterocycles. The summed E-state index contributed by atoms with van der Waals surface area (Å²) in [5.41, 5.74) is 3.15. The van der Waals surface area contributed by atoms with E-state index in [1.54, 1.807) is 20.8 Å². The van der Waals surface area contributed by atoms with Gasteiger partial charge in [0.05, 0.1) is 6.10 Å². The van der Waals surface area contributed by atoms with Crippen LogP contribution in [0, 0.1) is 0 Å². The van der Waals surface area contributed by atoms with Gasteiger partial charge in [0.2, 0.25) is 5.91 Å². The van der Waals surface area contributed by atoms with Gasteiger partial charge in [0.25, 0.3) is 0 Å². The third-order valence-electron chi connectivity index (χ3n) is 2.54. The monoisotopic (exact) mass is 230 g/mol. The van der Waals surface area contributed by atoms with E-state index in [0.29, 0.717) is 12.8 Å². The molecule has 1 saturated carbocycles. The van der Waals surface area contributed by atoms with Gasteiger partial charge in [-0.3, -0.25) is 4.79 Å². The summed E-state index contributed by atoms with van der Waals surface area (Å²) in [6, 6.07) is 0. The molecule has 0 spiro atoms. The second kappa shape index (κ2) is 3.93. The lowest BCUT2D eigenvalue weighted by atomic mass is 9.73. The van der Waals surface area contributed by atoms with Crippen LogP contribution < -0.4 is 11.1 Å². The second-order valence-corrected chi connectivity index (χ2v) is 5.02. The molecule has 0 aromatic rings. The van der Waals surface area contributed by atoms with E-state index in [1.165, 1.54) is 0 Å². The number of nitrogens with one attached hydrogen (secondary N) is 1. The summed E-state index contributed by atoms with van der Waals surface area (Å²) >= 11 is 0. The molecule has 0 saturated heterocycles. The zero-order valence-electron chi connectivity index (χ0n) is 9.74. The Morgan fingerprint density at radius 2 is 2.06 bits per heavy atom. The van der Waals surface area contributed by atoms with Gasteiger partial charge in [-0.25, -0.2) is 4.79 Å². The van der Waals surface area contributed by atoms with Gasteiger partial charge in [-0.2, -0.15) is 0 Å². The van der Waals surface area contributed by atoms with Crippen LogP contribution in [-0.4, -0.2) is 34.4 Å². The van der Waals surface area contributed by atoms with Crippen LogP contribution in [0.2, 0.25) is 0 Å². The third kappa shape index (κ3) is 2.44. The Morgan fingerprint density at radius 3 is 2.31 bits per heavy atom. The van der Waals surface area contributed by atoms with E-state index < -0.39 is 29.2 Å². The van der Waals surface area contributed by atoms with Crippen molar-refractivity contribution in [1.82, 2.24) is 5.32 Å². The third-order valence-corrected chi connectivity index (χ3v) is 2.54. The molecule has 1 rings (SSSR count). The molecule has 1 fully saturated rings. The van der Waals surface area contributed by atoms with Crippen LogP contribution in [0.5, 0.6) is 0 Å². The first-order valence-electron chi connectivity index (χ1n) is 5.16. The van der Waals surface area contributed by atoms with Gasteiger partial charge < -0.3 is 20.9 Å².